The first-order chi connectivity index (χ1) is 10.5. The predicted octanol–water partition coefficient (Wildman–Crippen LogP) is 0.726. The van der Waals surface area contributed by atoms with Crippen molar-refractivity contribution in [2.24, 2.45) is 0 Å². The lowest BCUT2D eigenvalue weighted by Gasteiger charge is -2.22. The fourth-order valence-corrected chi connectivity index (χ4v) is 1.61. The molecule has 0 aliphatic rings. The number of aliphatic carboxylic acids is 2. The number of nitrogens with one attached hydrogen (secondary N) is 2. The van der Waals surface area contributed by atoms with Gasteiger partial charge in [0.2, 0.25) is 5.91 Å². The van der Waals surface area contributed by atoms with E-state index in [1.165, 1.54) is 0 Å². The van der Waals surface area contributed by atoms with Crippen LogP contribution in [0.4, 0.5) is 4.79 Å². The van der Waals surface area contributed by atoms with Crippen LogP contribution in [0, 0.1) is 0 Å². The summed E-state index contributed by atoms with van der Waals surface area (Å²) in [7, 11) is 0. The summed E-state index contributed by atoms with van der Waals surface area (Å²) in [5.41, 5.74) is -0.721. The number of hydrogen-bond donors (Lipinski definition) is 4. The van der Waals surface area contributed by atoms with Crippen molar-refractivity contribution in [2.75, 3.05) is 6.54 Å². The Labute approximate surface area is 134 Å². The van der Waals surface area contributed by atoms with Gasteiger partial charge in [-0.3, -0.25) is 9.59 Å². The summed E-state index contributed by atoms with van der Waals surface area (Å²) in [6, 6.07) is -1.08. The van der Waals surface area contributed by atoms with Gasteiger partial charge in [0.05, 0.1) is 0 Å². The number of unbranched alkanes of at least 4 members (excludes halogenated alkanes) is 1. The average Bonchev–Trinajstić information content (AvgIpc) is 2.33. The van der Waals surface area contributed by atoms with E-state index in [4.69, 9.17) is 14.9 Å². The minimum Gasteiger partial charge on any atom is -0.481 e. The van der Waals surface area contributed by atoms with E-state index in [9.17, 15) is 19.2 Å². The van der Waals surface area contributed by atoms with Gasteiger partial charge in [-0.05, 0) is 40.0 Å². The average molecular weight is 332 g/mol. The van der Waals surface area contributed by atoms with Crippen LogP contribution >= 0.6 is 0 Å². The van der Waals surface area contributed by atoms with Gasteiger partial charge in [-0.15, -0.1) is 0 Å². The van der Waals surface area contributed by atoms with Crippen molar-refractivity contribution in [1.82, 2.24) is 10.6 Å². The predicted molar refractivity (Wildman–Crippen MR) is 79.9 cm³/mol. The summed E-state index contributed by atoms with van der Waals surface area (Å²) in [5, 5.41) is 22.1. The lowest BCUT2D eigenvalue weighted by atomic mass is 10.1. The molecule has 0 aliphatic heterocycles. The van der Waals surface area contributed by atoms with Gasteiger partial charge in [0.25, 0.3) is 0 Å². The Hall–Kier alpha value is -2.32. The Morgan fingerprint density at radius 1 is 1.09 bits per heavy atom. The molecule has 132 valence electrons. The van der Waals surface area contributed by atoms with Crippen LogP contribution in [0.2, 0.25) is 0 Å². The van der Waals surface area contributed by atoms with Gasteiger partial charge in [-0.25, -0.2) is 9.59 Å². The summed E-state index contributed by atoms with van der Waals surface area (Å²) < 4.78 is 4.99. The van der Waals surface area contributed by atoms with Gasteiger partial charge in [0.15, 0.2) is 0 Å². The summed E-state index contributed by atoms with van der Waals surface area (Å²) in [4.78, 5) is 44.0. The summed E-state index contributed by atoms with van der Waals surface area (Å²) in [6.07, 6.45) is -0.341. The molecule has 9 nitrogen and oxygen atoms in total. The molecule has 2 amide bonds. The van der Waals surface area contributed by atoms with Crippen molar-refractivity contribution in [2.45, 2.75) is 58.1 Å². The van der Waals surface area contributed by atoms with E-state index in [2.05, 4.69) is 10.6 Å². The number of alkyl carbamates (subject to hydrolysis) is 1. The first-order valence-corrected chi connectivity index (χ1v) is 7.22. The van der Waals surface area contributed by atoms with Crippen LogP contribution in [0.5, 0.6) is 0 Å². The molecule has 0 rings (SSSR count). The molecule has 0 spiro atoms. The maximum atomic E-state index is 11.5. The first kappa shape index (κ1) is 20.7. The number of rotatable bonds is 9. The van der Waals surface area contributed by atoms with Crippen LogP contribution < -0.4 is 10.6 Å². The quantitative estimate of drug-likeness (QED) is 0.360. The largest absolute Gasteiger partial charge is 0.481 e. The van der Waals surface area contributed by atoms with E-state index in [0.29, 0.717) is 12.8 Å². The number of hydrogen-bond acceptors (Lipinski definition) is 5. The summed E-state index contributed by atoms with van der Waals surface area (Å²) >= 11 is 0. The van der Waals surface area contributed by atoms with Gasteiger partial charge >= 0.3 is 18.0 Å². The molecule has 0 aromatic rings. The van der Waals surface area contributed by atoms with E-state index in [-0.39, 0.29) is 13.0 Å². The highest BCUT2D eigenvalue weighted by Gasteiger charge is 2.23. The zero-order chi connectivity index (χ0) is 18.0. The third-order valence-electron chi connectivity index (χ3n) is 2.54. The third-order valence-corrected chi connectivity index (χ3v) is 2.54. The van der Waals surface area contributed by atoms with Crippen molar-refractivity contribution in [1.29, 1.82) is 0 Å². The molecule has 0 aromatic heterocycles. The minimum atomic E-state index is -1.21. The maximum absolute atomic E-state index is 11.5. The molecule has 0 unspecified atom stereocenters. The van der Waals surface area contributed by atoms with Crippen molar-refractivity contribution < 1.29 is 34.1 Å². The molecule has 9 heteroatoms. The molecule has 0 heterocycles. The second-order valence-electron chi connectivity index (χ2n) is 5.95. The van der Waals surface area contributed by atoms with Crippen molar-refractivity contribution in [3.05, 3.63) is 0 Å². The molecule has 1 atom stereocenters. The number of amides is 2. The highest BCUT2D eigenvalue weighted by atomic mass is 16.6. The van der Waals surface area contributed by atoms with Crippen LogP contribution in [-0.4, -0.2) is 52.3 Å². The van der Waals surface area contributed by atoms with Gasteiger partial charge in [-0.2, -0.15) is 0 Å². The maximum Gasteiger partial charge on any atom is 0.408 e. The van der Waals surface area contributed by atoms with Crippen LogP contribution in [0.1, 0.15) is 46.5 Å². The zero-order valence-corrected chi connectivity index (χ0v) is 13.5. The Balaban J connectivity index is 4.07. The smallest absolute Gasteiger partial charge is 0.408 e. The van der Waals surface area contributed by atoms with E-state index in [0.717, 1.165) is 0 Å². The molecule has 0 bridgehead atoms. The zero-order valence-electron chi connectivity index (χ0n) is 13.5. The monoisotopic (exact) mass is 332 g/mol. The van der Waals surface area contributed by atoms with Crippen LogP contribution in [0.3, 0.4) is 0 Å². The fraction of sp³-hybridized carbons (Fsp3) is 0.714. The standard InChI is InChI=1S/C14H24N2O7/c1-14(2,3)23-13(22)16-9(12(20)21)6-4-5-7-15-10(17)8-11(18)19/h9H,4-8H2,1-3H3,(H,15,17)(H,16,22)(H,18,19)(H,20,21)/t9-/m0/s1. The first-order valence-electron chi connectivity index (χ1n) is 7.22. The van der Waals surface area contributed by atoms with Gasteiger partial charge in [-0.1, -0.05) is 0 Å². The Morgan fingerprint density at radius 3 is 2.17 bits per heavy atom. The molecule has 23 heavy (non-hydrogen) atoms. The van der Waals surface area contributed by atoms with E-state index < -0.39 is 42.0 Å². The SMILES string of the molecule is CC(C)(C)OC(=O)N[C@@H](CCCCNC(=O)CC(=O)O)C(=O)O. The lowest BCUT2D eigenvalue weighted by Crippen LogP contribution is -2.43. The Kier molecular flexibility index (Phi) is 8.67. The third kappa shape index (κ3) is 12.0. The van der Waals surface area contributed by atoms with E-state index in [1.807, 2.05) is 0 Å². The van der Waals surface area contributed by atoms with Crippen LogP contribution in [0.25, 0.3) is 0 Å². The van der Waals surface area contributed by atoms with Crippen molar-refractivity contribution >= 4 is 23.9 Å². The molecule has 0 saturated carbocycles. The number of carbonyl (C=O) groups excluding carboxylic acids is 2. The number of carbonyl (C=O) groups is 4. The molecule has 0 aromatic carbocycles. The van der Waals surface area contributed by atoms with E-state index >= 15 is 0 Å². The summed E-state index contributed by atoms with van der Waals surface area (Å²) in [6.45, 7) is 5.25. The van der Waals surface area contributed by atoms with Crippen molar-refractivity contribution in [3.8, 4) is 0 Å². The molecule has 4 N–H and O–H groups in total. The topological polar surface area (TPSA) is 142 Å². The molecule has 0 radical (unpaired) electrons. The summed E-state index contributed by atoms with van der Waals surface area (Å²) in [5.74, 6) is -2.99. The molecular weight excluding hydrogens is 308 g/mol. The van der Waals surface area contributed by atoms with Crippen molar-refractivity contribution in [3.63, 3.8) is 0 Å². The Bertz CT molecular complexity index is 443. The fourth-order valence-electron chi connectivity index (χ4n) is 1.61. The lowest BCUT2D eigenvalue weighted by molar-refractivity contribution is -0.141. The van der Waals surface area contributed by atoms with E-state index in [1.54, 1.807) is 20.8 Å². The molecule has 0 saturated heterocycles. The highest BCUT2D eigenvalue weighted by Crippen LogP contribution is 2.08. The number of carboxylic acids is 2. The number of ether oxygens (including phenoxy) is 1. The van der Waals surface area contributed by atoms with Crippen LogP contribution in [-0.2, 0) is 19.1 Å². The highest BCUT2D eigenvalue weighted by molar-refractivity contribution is 5.93. The molecular formula is C14H24N2O7. The van der Waals surface area contributed by atoms with Gasteiger partial charge < -0.3 is 25.6 Å². The number of carboxylic acid groups (broad SMARTS) is 2. The van der Waals surface area contributed by atoms with Gasteiger partial charge in [0.1, 0.15) is 18.1 Å². The van der Waals surface area contributed by atoms with Crippen LogP contribution in [0.15, 0.2) is 0 Å². The molecule has 0 fully saturated rings. The second-order valence-corrected chi connectivity index (χ2v) is 5.95. The van der Waals surface area contributed by atoms with Gasteiger partial charge in [0, 0.05) is 6.54 Å². The second kappa shape index (κ2) is 9.65. The normalized spacial score (nSPS) is 12.1. The Morgan fingerprint density at radius 2 is 1.70 bits per heavy atom. The minimum absolute atomic E-state index is 0.170. The molecule has 0 aliphatic carbocycles.